The molecule has 29 heavy (non-hydrogen) atoms. The molecule has 0 radical (unpaired) electrons. The van der Waals surface area contributed by atoms with Crippen LogP contribution in [0.2, 0.25) is 5.02 Å². The maximum Gasteiger partial charge on any atom is 0.259 e. The molecule has 0 aliphatic heterocycles. The highest BCUT2D eigenvalue weighted by atomic mass is 35.5. The van der Waals surface area contributed by atoms with Crippen molar-refractivity contribution >= 4 is 23.2 Å². The molecular formula is C22H25ClN4O2. The van der Waals surface area contributed by atoms with Gasteiger partial charge in [0.25, 0.3) is 5.91 Å². The Labute approximate surface area is 176 Å². The summed E-state index contributed by atoms with van der Waals surface area (Å²) in [5.41, 5.74) is 2.76. The molecule has 0 unspecified atom stereocenters. The van der Waals surface area contributed by atoms with Crippen molar-refractivity contribution in [2.75, 3.05) is 32.6 Å². The molecule has 7 heteroatoms. The zero-order chi connectivity index (χ0) is 20.8. The molecule has 0 saturated carbocycles. The second-order valence-corrected chi connectivity index (χ2v) is 7.46. The average molecular weight is 413 g/mol. The Morgan fingerprint density at radius 1 is 1.21 bits per heavy atom. The van der Waals surface area contributed by atoms with Crippen molar-refractivity contribution in [2.24, 2.45) is 0 Å². The lowest BCUT2D eigenvalue weighted by atomic mass is 10.2. The van der Waals surface area contributed by atoms with Gasteiger partial charge in [-0.1, -0.05) is 17.7 Å². The summed E-state index contributed by atoms with van der Waals surface area (Å²) >= 11 is 6.06. The third-order valence-electron chi connectivity index (χ3n) is 4.44. The highest BCUT2D eigenvalue weighted by molar-refractivity contribution is 6.30. The van der Waals surface area contributed by atoms with Crippen LogP contribution in [0, 0.1) is 6.92 Å². The quantitative estimate of drug-likeness (QED) is 0.556. The summed E-state index contributed by atoms with van der Waals surface area (Å²) in [5, 5.41) is 7.85. The van der Waals surface area contributed by atoms with Gasteiger partial charge in [0.15, 0.2) is 0 Å². The maximum atomic E-state index is 12.7. The van der Waals surface area contributed by atoms with E-state index < -0.39 is 0 Å². The van der Waals surface area contributed by atoms with E-state index in [1.807, 2.05) is 57.4 Å². The SMILES string of the molecule is Cc1c(C(=O)Nc2ccc(OCCCN(C)C)cc2)cnn1-c1cccc(Cl)c1. The molecule has 0 aliphatic rings. The molecular weight excluding hydrogens is 388 g/mol. The number of anilines is 1. The van der Waals surface area contributed by atoms with Gasteiger partial charge in [-0.3, -0.25) is 4.79 Å². The molecule has 3 rings (SSSR count). The average Bonchev–Trinajstić information content (AvgIpc) is 3.08. The Morgan fingerprint density at radius 2 is 1.97 bits per heavy atom. The maximum absolute atomic E-state index is 12.7. The largest absolute Gasteiger partial charge is 0.494 e. The number of carbonyl (C=O) groups is 1. The van der Waals surface area contributed by atoms with Crippen molar-refractivity contribution in [3.63, 3.8) is 0 Å². The first-order valence-electron chi connectivity index (χ1n) is 9.43. The van der Waals surface area contributed by atoms with Crippen LogP contribution in [0.4, 0.5) is 5.69 Å². The minimum atomic E-state index is -0.213. The monoisotopic (exact) mass is 412 g/mol. The van der Waals surface area contributed by atoms with Crippen molar-refractivity contribution in [3.8, 4) is 11.4 Å². The lowest BCUT2D eigenvalue weighted by Gasteiger charge is -2.11. The topological polar surface area (TPSA) is 59.4 Å². The zero-order valence-corrected chi connectivity index (χ0v) is 17.6. The van der Waals surface area contributed by atoms with E-state index in [0.29, 0.717) is 22.9 Å². The van der Waals surface area contributed by atoms with Crippen LogP contribution < -0.4 is 10.1 Å². The minimum absolute atomic E-state index is 0.213. The van der Waals surface area contributed by atoms with Crippen LogP contribution >= 0.6 is 11.6 Å². The number of hydrogen-bond acceptors (Lipinski definition) is 4. The lowest BCUT2D eigenvalue weighted by molar-refractivity contribution is 0.102. The molecule has 6 nitrogen and oxygen atoms in total. The van der Waals surface area contributed by atoms with Gasteiger partial charge in [0.1, 0.15) is 5.75 Å². The first-order chi connectivity index (χ1) is 13.9. The molecule has 1 N–H and O–H groups in total. The Kier molecular flexibility index (Phi) is 6.90. The predicted octanol–water partition coefficient (Wildman–Crippen LogP) is 4.42. The van der Waals surface area contributed by atoms with E-state index in [9.17, 15) is 4.79 Å². The summed E-state index contributed by atoms with van der Waals surface area (Å²) < 4.78 is 7.42. The van der Waals surface area contributed by atoms with Gasteiger partial charge in [-0.05, 0) is 69.9 Å². The van der Waals surface area contributed by atoms with E-state index in [4.69, 9.17) is 16.3 Å². The number of amides is 1. The smallest absolute Gasteiger partial charge is 0.259 e. The van der Waals surface area contributed by atoms with Crippen LogP contribution in [-0.4, -0.2) is 47.8 Å². The molecule has 1 heterocycles. The zero-order valence-electron chi connectivity index (χ0n) is 16.9. The Hall–Kier alpha value is -2.83. The molecule has 2 aromatic carbocycles. The van der Waals surface area contributed by atoms with Crippen LogP contribution in [0.5, 0.6) is 5.75 Å². The number of ether oxygens (including phenoxy) is 1. The number of aromatic nitrogens is 2. The van der Waals surface area contributed by atoms with Crippen LogP contribution in [-0.2, 0) is 0 Å². The molecule has 152 valence electrons. The predicted molar refractivity (Wildman–Crippen MR) is 116 cm³/mol. The summed E-state index contributed by atoms with van der Waals surface area (Å²) in [7, 11) is 4.08. The lowest BCUT2D eigenvalue weighted by Crippen LogP contribution is -2.15. The van der Waals surface area contributed by atoms with Crippen LogP contribution in [0.3, 0.4) is 0 Å². The molecule has 0 aliphatic carbocycles. The molecule has 0 saturated heterocycles. The number of carbonyl (C=O) groups excluding carboxylic acids is 1. The summed E-state index contributed by atoms with van der Waals surface area (Å²) in [6.45, 7) is 3.50. The second-order valence-electron chi connectivity index (χ2n) is 7.02. The first kappa shape index (κ1) is 20.9. The summed E-state index contributed by atoms with van der Waals surface area (Å²) in [5.74, 6) is 0.571. The molecule has 0 spiro atoms. The highest BCUT2D eigenvalue weighted by Crippen LogP contribution is 2.20. The molecule has 1 amide bonds. The van der Waals surface area contributed by atoms with E-state index in [2.05, 4.69) is 15.3 Å². The number of halogens is 1. The third-order valence-corrected chi connectivity index (χ3v) is 4.67. The standard InChI is InChI=1S/C22H25ClN4O2/c1-16-21(15-24-27(16)19-7-4-6-17(23)14-19)22(28)25-18-8-10-20(11-9-18)29-13-5-12-26(2)3/h4,6-11,14-15H,5,12-13H2,1-3H3,(H,25,28). The summed E-state index contributed by atoms with van der Waals surface area (Å²) in [6.07, 6.45) is 2.52. The Balaban J connectivity index is 1.62. The fourth-order valence-electron chi connectivity index (χ4n) is 2.90. The normalized spacial score (nSPS) is 10.9. The summed E-state index contributed by atoms with van der Waals surface area (Å²) in [4.78, 5) is 14.8. The Bertz CT molecular complexity index is 967. The van der Waals surface area contributed by atoms with Crippen molar-refractivity contribution in [1.29, 1.82) is 0 Å². The van der Waals surface area contributed by atoms with Gasteiger partial charge in [0, 0.05) is 17.3 Å². The van der Waals surface area contributed by atoms with Gasteiger partial charge in [0.2, 0.25) is 0 Å². The molecule has 0 atom stereocenters. The first-order valence-corrected chi connectivity index (χ1v) is 9.81. The van der Waals surface area contributed by atoms with E-state index in [0.717, 1.165) is 30.1 Å². The number of benzene rings is 2. The van der Waals surface area contributed by atoms with E-state index in [-0.39, 0.29) is 5.91 Å². The minimum Gasteiger partial charge on any atom is -0.494 e. The van der Waals surface area contributed by atoms with Crippen molar-refractivity contribution in [3.05, 3.63) is 71.0 Å². The number of rotatable bonds is 8. The number of nitrogens with one attached hydrogen (secondary N) is 1. The molecule has 0 fully saturated rings. The second kappa shape index (κ2) is 9.58. The highest BCUT2D eigenvalue weighted by Gasteiger charge is 2.15. The Morgan fingerprint density at radius 3 is 2.66 bits per heavy atom. The van der Waals surface area contributed by atoms with Crippen molar-refractivity contribution in [2.45, 2.75) is 13.3 Å². The van der Waals surface area contributed by atoms with Gasteiger partial charge in [-0.25, -0.2) is 4.68 Å². The van der Waals surface area contributed by atoms with Crippen LogP contribution in [0.15, 0.2) is 54.7 Å². The molecule has 1 aromatic heterocycles. The number of hydrogen-bond donors (Lipinski definition) is 1. The van der Waals surface area contributed by atoms with E-state index in [1.54, 1.807) is 23.0 Å². The van der Waals surface area contributed by atoms with Crippen LogP contribution in [0.25, 0.3) is 5.69 Å². The fourth-order valence-corrected chi connectivity index (χ4v) is 3.09. The van der Waals surface area contributed by atoms with Crippen molar-refractivity contribution < 1.29 is 9.53 Å². The van der Waals surface area contributed by atoms with E-state index >= 15 is 0 Å². The molecule has 3 aromatic rings. The summed E-state index contributed by atoms with van der Waals surface area (Å²) in [6, 6.07) is 14.7. The molecule has 0 bridgehead atoms. The van der Waals surface area contributed by atoms with Gasteiger partial charge >= 0.3 is 0 Å². The fraction of sp³-hybridized carbons (Fsp3) is 0.273. The third kappa shape index (κ3) is 5.59. The van der Waals surface area contributed by atoms with Gasteiger partial charge in [0.05, 0.1) is 29.7 Å². The van der Waals surface area contributed by atoms with Gasteiger partial charge in [-0.15, -0.1) is 0 Å². The number of nitrogens with zero attached hydrogens (tertiary/aromatic N) is 3. The van der Waals surface area contributed by atoms with Gasteiger partial charge in [-0.2, -0.15) is 5.10 Å². The van der Waals surface area contributed by atoms with Crippen molar-refractivity contribution in [1.82, 2.24) is 14.7 Å². The van der Waals surface area contributed by atoms with E-state index in [1.165, 1.54) is 0 Å². The van der Waals surface area contributed by atoms with Crippen LogP contribution in [0.1, 0.15) is 22.5 Å². The van der Waals surface area contributed by atoms with Gasteiger partial charge < -0.3 is 15.0 Å².